The van der Waals surface area contributed by atoms with E-state index in [-0.39, 0.29) is 0 Å². The molecule has 0 aliphatic carbocycles. The Morgan fingerprint density at radius 2 is 1.82 bits per heavy atom. The Kier molecular flexibility index (Phi) is 10.1. The molecule has 0 fully saturated rings. The molecule has 0 radical (unpaired) electrons. The second-order valence-electron chi connectivity index (χ2n) is 8.36. The summed E-state index contributed by atoms with van der Waals surface area (Å²) in [5.41, 5.74) is 5.18. The Morgan fingerprint density at radius 3 is 2.61 bits per heavy atom. The van der Waals surface area contributed by atoms with Gasteiger partial charge in [-0.3, -0.25) is 0 Å². The first-order valence-corrected chi connectivity index (χ1v) is 12.1. The van der Waals surface area contributed by atoms with E-state index in [1.807, 2.05) is 6.07 Å². The Morgan fingerprint density at radius 1 is 1.00 bits per heavy atom. The summed E-state index contributed by atoms with van der Waals surface area (Å²) in [4.78, 5) is 8.98. The molecule has 4 nitrogen and oxygen atoms in total. The van der Waals surface area contributed by atoms with E-state index in [0.29, 0.717) is 18.6 Å². The quantitative estimate of drug-likeness (QED) is 0.189. The van der Waals surface area contributed by atoms with Crippen LogP contribution in [0.5, 0.6) is 5.88 Å². The first kappa shape index (κ1) is 24.7. The molecular weight excluding hydrogens is 408 g/mol. The van der Waals surface area contributed by atoms with E-state index in [9.17, 15) is 0 Å². The van der Waals surface area contributed by atoms with Gasteiger partial charge in [-0.2, -0.15) is 0 Å². The molecule has 0 aliphatic rings. The van der Waals surface area contributed by atoms with E-state index in [1.165, 1.54) is 24.8 Å². The van der Waals surface area contributed by atoms with E-state index in [0.717, 1.165) is 48.0 Å². The second kappa shape index (κ2) is 13.5. The first-order valence-electron chi connectivity index (χ1n) is 12.1. The van der Waals surface area contributed by atoms with Crippen LogP contribution in [0.1, 0.15) is 57.9 Å². The summed E-state index contributed by atoms with van der Waals surface area (Å²) in [7, 11) is 0. The smallest absolute Gasteiger partial charge is 0.233 e. The van der Waals surface area contributed by atoms with Crippen molar-refractivity contribution in [3.63, 3.8) is 0 Å². The summed E-state index contributed by atoms with van der Waals surface area (Å²) >= 11 is 0. The van der Waals surface area contributed by atoms with Crippen molar-refractivity contribution >= 4 is 17.1 Å². The molecule has 2 aromatic carbocycles. The molecule has 0 amide bonds. The molecule has 174 valence electrons. The number of allylic oxidation sites excluding steroid dienone is 1. The number of unbranched alkanes of at least 4 members (excludes halogenated alkanes) is 3. The molecule has 0 saturated carbocycles. The highest BCUT2D eigenvalue weighted by Gasteiger charge is 2.04. The van der Waals surface area contributed by atoms with Gasteiger partial charge in [0, 0.05) is 6.61 Å². The lowest BCUT2D eigenvalue weighted by Crippen LogP contribution is -2.08. The minimum Gasteiger partial charge on any atom is -0.472 e. The SMILES string of the molecule is C=CCOc1cnc2cc(-c3ccc(/C=C/CCCC(C)OCCCCC)cc3)ccc2n1. The number of benzene rings is 2. The van der Waals surface area contributed by atoms with Crippen LogP contribution < -0.4 is 4.74 Å². The van der Waals surface area contributed by atoms with Crippen LogP contribution >= 0.6 is 0 Å². The van der Waals surface area contributed by atoms with Gasteiger partial charge in [0.05, 0.1) is 23.3 Å². The van der Waals surface area contributed by atoms with E-state index in [1.54, 1.807) is 12.3 Å². The standard InChI is InChI=1S/C29H36N2O2/c1-4-6-10-20-32-23(3)11-8-7-9-12-24-13-15-25(16-14-24)26-17-18-27-28(21-26)30-22-29(31-27)33-19-5-2/h5,9,12-18,21-23H,2,4,6-8,10-11,19-20H2,1,3H3/b12-9+. The number of ether oxygens (including phenoxy) is 2. The molecule has 0 spiro atoms. The fourth-order valence-electron chi connectivity index (χ4n) is 3.64. The Hall–Kier alpha value is -2.98. The topological polar surface area (TPSA) is 44.2 Å². The second-order valence-corrected chi connectivity index (χ2v) is 8.36. The van der Waals surface area contributed by atoms with Crippen LogP contribution in [-0.4, -0.2) is 29.3 Å². The molecular formula is C29H36N2O2. The first-order chi connectivity index (χ1) is 16.2. The third-order valence-corrected chi connectivity index (χ3v) is 5.56. The Labute approximate surface area is 198 Å². The molecule has 1 unspecified atom stereocenters. The zero-order valence-electron chi connectivity index (χ0n) is 20.0. The summed E-state index contributed by atoms with van der Waals surface area (Å²) in [5.74, 6) is 0.514. The van der Waals surface area contributed by atoms with Crippen molar-refractivity contribution in [2.45, 2.75) is 58.5 Å². The maximum absolute atomic E-state index is 5.87. The summed E-state index contributed by atoms with van der Waals surface area (Å²) in [6, 6.07) is 14.8. The predicted octanol–water partition coefficient (Wildman–Crippen LogP) is 7.64. The van der Waals surface area contributed by atoms with Crippen LogP contribution in [0.3, 0.4) is 0 Å². The Balaban J connectivity index is 1.49. The molecule has 33 heavy (non-hydrogen) atoms. The highest BCUT2D eigenvalue weighted by Crippen LogP contribution is 2.24. The third kappa shape index (κ3) is 8.14. The lowest BCUT2D eigenvalue weighted by atomic mass is 10.0. The molecule has 0 saturated heterocycles. The molecule has 0 bridgehead atoms. The highest BCUT2D eigenvalue weighted by molar-refractivity contribution is 5.81. The van der Waals surface area contributed by atoms with Crippen LogP contribution in [0.2, 0.25) is 0 Å². The largest absolute Gasteiger partial charge is 0.472 e. The zero-order chi connectivity index (χ0) is 23.3. The number of aromatic nitrogens is 2. The molecule has 1 atom stereocenters. The van der Waals surface area contributed by atoms with Gasteiger partial charge >= 0.3 is 0 Å². The van der Waals surface area contributed by atoms with Gasteiger partial charge in [0.2, 0.25) is 5.88 Å². The van der Waals surface area contributed by atoms with Crippen molar-refractivity contribution in [1.29, 1.82) is 0 Å². The number of rotatable bonds is 14. The maximum atomic E-state index is 5.87. The van der Waals surface area contributed by atoms with Crippen LogP contribution in [-0.2, 0) is 4.74 Å². The van der Waals surface area contributed by atoms with Gasteiger partial charge in [0.25, 0.3) is 0 Å². The third-order valence-electron chi connectivity index (χ3n) is 5.56. The number of nitrogens with zero attached hydrogens (tertiary/aromatic N) is 2. The summed E-state index contributed by atoms with van der Waals surface area (Å²) in [6.45, 7) is 9.37. The molecule has 0 N–H and O–H groups in total. The average Bonchev–Trinajstić information content (AvgIpc) is 2.85. The highest BCUT2D eigenvalue weighted by atomic mass is 16.5. The normalized spacial score (nSPS) is 12.3. The average molecular weight is 445 g/mol. The molecule has 0 aliphatic heterocycles. The van der Waals surface area contributed by atoms with E-state index >= 15 is 0 Å². The lowest BCUT2D eigenvalue weighted by Gasteiger charge is -2.12. The van der Waals surface area contributed by atoms with Crippen molar-refractivity contribution in [2.75, 3.05) is 13.2 Å². The van der Waals surface area contributed by atoms with Crippen molar-refractivity contribution in [1.82, 2.24) is 9.97 Å². The van der Waals surface area contributed by atoms with Gasteiger partial charge in [0.15, 0.2) is 0 Å². The van der Waals surface area contributed by atoms with Crippen LogP contribution in [0.25, 0.3) is 28.2 Å². The van der Waals surface area contributed by atoms with Crippen LogP contribution in [0.15, 0.2) is 67.4 Å². The van der Waals surface area contributed by atoms with E-state index in [2.05, 4.69) is 78.9 Å². The van der Waals surface area contributed by atoms with Gasteiger partial charge in [0.1, 0.15) is 6.61 Å². The molecule has 1 aromatic heterocycles. The van der Waals surface area contributed by atoms with Crippen molar-refractivity contribution in [3.8, 4) is 17.0 Å². The number of hydrogen-bond donors (Lipinski definition) is 0. The Bertz CT molecular complexity index is 1030. The van der Waals surface area contributed by atoms with Gasteiger partial charge in [-0.15, -0.1) is 0 Å². The predicted molar refractivity (Wildman–Crippen MR) is 138 cm³/mol. The van der Waals surface area contributed by atoms with Gasteiger partial charge in [-0.05, 0) is 61.4 Å². The summed E-state index contributed by atoms with van der Waals surface area (Å²) < 4.78 is 11.3. The zero-order valence-corrected chi connectivity index (χ0v) is 20.0. The number of hydrogen-bond acceptors (Lipinski definition) is 4. The summed E-state index contributed by atoms with van der Waals surface area (Å²) in [5, 5.41) is 0. The maximum Gasteiger partial charge on any atom is 0.233 e. The summed E-state index contributed by atoms with van der Waals surface area (Å²) in [6.07, 6.45) is 15.2. The van der Waals surface area contributed by atoms with E-state index < -0.39 is 0 Å². The fraction of sp³-hybridized carbons (Fsp3) is 0.379. The lowest BCUT2D eigenvalue weighted by molar-refractivity contribution is 0.0566. The molecule has 3 rings (SSSR count). The minimum absolute atomic E-state index is 0.354. The fourth-order valence-corrected chi connectivity index (χ4v) is 3.64. The minimum atomic E-state index is 0.354. The van der Waals surface area contributed by atoms with Crippen molar-refractivity contribution < 1.29 is 9.47 Å². The monoisotopic (exact) mass is 444 g/mol. The number of fused-ring (bicyclic) bond motifs is 1. The van der Waals surface area contributed by atoms with Crippen LogP contribution in [0, 0.1) is 0 Å². The van der Waals surface area contributed by atoms with Gasteiger partial charge in [-0.25, -0.2) is 9.97 Å². The van der Waals surface area contributed by atoms with Crippen molar-refractivity contribution in [3.05, 3.63) is 73.0 Å². The molecule has 3 aromatic rings. The molecule has 1 heterocycles. The van der Waals surface area contributed by atoms with E-state index in [4.69, 9.17) is 9.47 Å². The molecule has 4 heteroatoms. The van der Waals surface area contributed by atoms with Gasteiger partial charge in [-0.1, -0.05) is 74.9 Å². The van der Waals surface area contributed by atoms with Gasteiger partial charge < -0.3 is 9.47 Å². The van der Waals surface area contributed by atoms with Crippen molar-refractivity contribution in [2.24, 2.45) is 0 Å². The van der Waals surface area contributed by atoms with Crippen LogP contribution in [0.4, 0.5) is 0 Å².